The van der Waals surface area contributed by atoms with Crippen molar-refractivity contribution < 1.29 is 104 Å². The summed E-state index contributed by atoms with van der Waals surface area (Å²) in [6, 6.07) is 7.84. The van der Waals surface area contributed by atoms with Gasteiger partial charge < -0.3 is 94.4 Å². The average molecular weight is 878 g/mol. The maximum absolute atomic E-state index is 12.5. The van der Waals surface area contributed by atoms with Crippen molar-refractivity contribution >= 4 is 41.0 Å². The molecular formula is C39H41O21S+. The third-order valence-electron chi connectivity index (χ3n) is 9.56. The van der Waals surface area contributed by atoms with E-state index < -0.39 is 122 Å². The number of aromatic hydroxyl groups is 4. The smallest absolute Gasteiger partial charge is 0.330 e. The molecule has 2 aromatic carbocycles. The Morgan fingerprint density at radius 3 is 1.92 bits per heavy atom. The number of aliphatic hydroxyl groups excluding tert-OH is 7. The number of aliphatic hydroxyl groups is 9. The molecule has 6 rings (SSSR count). The highest BCUT2D eigenvalue weighted by molar-refractivity contribution is 7.80. The van der Waals surface area contributed by atoms with E-state index in [1.54, 1.807) is 0 Å². The largest absolute Gasteiger partial charge is 0.571 e. The van der Waals surface area contributed by atoms with Gasteiger partial charge in [-0.2, -0.15) is 0 Å². The fourth-order valence-electron chi connectivity index (χ4n) is 6.35. The van der Waals surface area contributed by atoms with Crippen LogP contribution in [0.3, 0.4) is 0 Å². The fraction of sp³-hybridized carbons (Fsp3) is 0.359. The van der Waals surface area contributed by atoms with Gasteiger partial charge >= 0.3 is 17.7 Å². The lowest BCUT2D eigenvalue weighted by Gasteiger charge is -2.41. The first-order valence-corrected chi connectivity index (χ1v) is 18.6. The highest BCUT2D eigenvalue weighted by Gasteiger charge is 2.49. The Hall–Kier alpha value is -5.95. The molecule has 21 nitrogen and oxygen atoms in total. The number of benzene rings is 2. The van der Waals surface area contributed by atoms with Crippen molar-refractivity contribution in [1.82, 2.24) is 0 Å². The first-order valence-electron chi connectivity index (χ1n) is 18.2. The molecule has 2 fully saturated rings. The van der Waals surface area contributed by atoms with Crippen molar-refractivity contribution in [2.75, 3.05) is 13.2 Å². The standard InChI is InChI=1S/C39H40O21S/c40-17-4-1-15(2-5-17)3-6-28(46)54-13-25-31(48)33(50)36(53)39(59-25)58-24-11-19-22(56-37(24)16-7-20(42)30(47)21(43)8-16)9-18(41)10-23(19)57-38-35(52)34(51)32(49)26(60-38)14-55-29(61)12-27(44)45/h1-11,22,25-26,31-36,38-43,47-53H,12-14H2,(H,44,45)/p+1. The van der Waals surface area contributed by atoms with Crippen LogP contribution in [0.5, 0.6) is 23.0 Å². The first kappa shape index (κ1) is 44.6. The second-order valence-electron chi connectivity index (χ2n) is 13.9. The number of carbonyl (C=O) groups is 2. The number of aliphatic carboxylic acids is 1. The Morgan fingerprint density at radius 1 is 0.754 bits per heavy atom. The van der Waals surface area contributed by atoms with Crippen LogP contribution >= 0.6 is 12.2 Å². The summed E-state index contributed by atoms with van der Waals surface area (Å²) in [5.74, 6) is -5.91. The molecule has 11 unspecified atom stereocenters. The predicted octanol–water partition coefficient (Wildman–Crippen LogP) is -0.923. The lowest BCUT2D eigenvalue weighted by atomic mass is 9.96. The van der Waals surface area contributed by atoms with Crippen LogP contribution in [0.25, 0.3) is 11.8 Å². The van der Waals surface area contributed by atoms with Gasteiger partial charge in [0.05, 0.1) is 17.2 Å². The van der Waals surface area contributed by atoms with Gasteiger partial charge in [-0.25, -0.2) is 4.79 Å². The summed E-state index contributed by atoms with van der Waals surface area (Å²) in [6.07, 6.45) is -13.8. The maximum Gasteiger partial charge on any atom is 0.330 e. The van der Waals surface area contributed by atoms with Crippen LogP contribution in [0.15, 0.2) is 83.6 Å². The minimum absolute atomic E-state index is 0.0108. The second kappa shape index (κ2) is 18.8. The first-order chi connectivity index (χ1) is 28.9. The number of carboxylic acid groups (broad SMARTS) is 1. The monoisotopic (exact) mass is 877 g/mol. The van der Waals surface area contributed by atoms with Crippen molar-refractivity contribution in [3.8, 4) is 23.0 Å². The molecule has 328 valence electrons. The third kappa shape index (κ3) is 10.3. The van der Waals surface area contributed by atoms with E-state index >= 15 is 0 Å². The summed E-state index contributed by atoms with van der Waals surface area (Å²) in [4.78, 5) is 23.5. The second-order valence-corrected chi connectivity index (χ2v) is 14.4. The molecule has 0 bridgehead atoms. The SMILES string of the molecule is O=C(O)CC(=S)OCC1OC(OC2=CC(O)=CC3[OH+]C(c4cc(O)c(O)c(O)c4)=C(OC4OC(COC(=O)C=Cc5ccc(O)cc5)C(O)C(O)C4O)C=C23)C(O)C(O)C1O. The molecule has 0 spiro atoms. The van der Waals surface area contributed by atoms with Crippen LogP contribution in [-0.2, 0) is 38.0 Å². The van der Waals surface area contributed by atoms with Crippen LogP contribution in [0.1, 0.15) is 17.5 Å². The van der Waals surface area contributed by atoms with E-state index in [0.717, 1.165) is 24.3 Å². The number of carbonyl (C=O) groups excluding carboxylic acids is 1. The summed E-state index contributed by atoms with van der Waals surface area (Å²) >= 11 is 4.86. The molecule has 22 heteroatoms. The van der Waals surface area contributed by atoms with Gasteiger partial charge in [-0.3, -0.25) is 4.79 Å². The van der Waals surface area contributed by atoms with Crippen molar-refractivity contribution in [2.45, 2.75) is 73.9 Å². The quantitative estimate of drug-likeness (QED) is 0.0380. The van der Waals surface area contributed by atoms with Crippen LogP contribution in [0.4, 0.5) is 0 Å². The molecule has 0 aromatic heterocycles. The number of fused-ring (bicyclic) bond motifs is 1. The number of allylic oxidation sites excluding steroid dienone is 2. The highest BCUT2D eigenvalue weighted by Crippen LogP contribution is 2.43. The van der Waals surface area contributed by atoms with Crippen LogP contribution in [0, 0.1) is 0 Å². The molecule has 2 saturated heterocycles. The number of hydrogen-bond acceptors (Lipinski definition) is 20. The van der Waals surface area contributed by atoms with E-state index in [-0.39, 0.29) is 39.2 Å². The number of rotatable bonds is 13. The minimum atomic E-state index is -1.98. The lowest BCUT2D eigenvalue weighted by molar-refractivity contribution is -0.292. The van der Waals surface area contributed by atoms with Gasteiger partial charge in [0.1, 0.15) is 85.7 Å². The zero-order valence-electron chi connectivity index (χ0n) is 31.3. The van der Waals surface area contributed by atoms with E-state index in [2.05, 4.69) is 4.74 Å². The van der Waals surface area contributed by atoms with E-state index in [1.807, 2.05) is 0 Å². The molecular weight excluding hydrogens is 836 g/mol. The Balaban J connectivity index is 1.27. The Kier molecular flexibility index (Phi) is 13.7. The summed E-state index contributed by atoms with van der Waals surface area (Å²) in [7, 11) is 0. The van der Waals surface area contributed by atoms with Gasteiger partial charge in [-0.1, -0.05) is 12.1 Å². The van der Waals surface area contributed by atoms with Crippen molar-refractivity contribution in [2.24, 2.45) is 0 Å². The molecule has 3 aliphatic heterocycles. The van der Waals surface area contributed by atoms with Gasteiger partial charge in [-0.05, 0) is 36.0 Å². The van der Waals surface area contributed by atoms with Gasteiger partial charge in [0.25, 0.3) is 0 Å². The molecule has 0 amide bonds. The predicted molar refractivity (Wildman–Crippen MR) is 206 cm³/mol. The number of phenolic OH excluding ortho intramolecular Hbond substituents is 4. The molecule has 2 aromatic rings. The van der Waals surface area contributed by atoms with E-state index in [0.29, 0.717) is 5.56 Å². The molecule has 4 aliphatic rings. The Bertz CT molecular complexity index is 2120. The molecule has 61 heavy (non-hydrogen) atoms. The summed E-state index contributed by atoms with van der Waals surface area (Å²) < 4.78 is 38.3. The van der Waals surface area contributed by atoms with Gasteiger partial charge in [0.15, 0.2) is 22.3 Å². The number of esters is 1. The minimum Gasteiger partial charge on any atom is -0.571 e. The van der Waals surface area contributed by atoms with E-state index in [9.17, 15) is 65.8 Å². The van der Waals surface area contributed by atoms with Crippen molar-refractivity contribution in [3.05, 3.63) is 94.7 Å². The molecule has 1 aliphatic carbocycles. The normalized spacial score (nSPS) is 29.9. The van der Waals surface area contributed by atoms with Crippen molar-refractivity contribution in [3.63, 3.8) is 0 Å². The Labute approximate surface area is 349 Å². The van der Waals surface area contributed by atoms with E-state index in [4.69, 9.17) is 45.7 Å². The van der Waals surface area contributed by atoms with Gasteiger partial charge in [-0.15, -0.1) is 0 Å². The van der Waals surface area contributed by atoms with E-state index in [1.165, 1.54) is 42.5 Å². The summed E-state index contributed by atoms with van der Waals surface area (Å²) in [5.41, 5.74) is 0.475. The summed E-state index contributed by atoms with van der Waals surface area (Å²) in [6.45, 7) is -1.23. The molecule has 13 N–H and O–H groups in total. The molecule has 3 heterocycles. The van der Waals surface area contributed by atoms with Crippen LogP contribution < -0.4 is 0 Å². The number of hydrogen-bond donors (Lipinski definition) is 12. The van der Waals surface area contributed by atoms with Gasteiger partial charge in [0.2, 0.25) is 24.4 Å². The average Bonchev–Trinajstić information content (AvgIpc) is 3.21. The maximum atomic E-state index is 12.5. The zero-order chi connectivity index (χ0) is 44.3. The van der Waals surface area contributed by atoms with Gasteiger partial charge in [0, 0.05) is 30.4 Å². The number of phenols is 4. The molecule has 0 radical (unpaired) electrons. The highest BCUT2D eigenvalue weighted by atomic mass is 32.1. The summed E-state index contributed by atoms with van der Waals surface area (Å²) in [5, 5.41) is 124. The van der Waals surface area contributed by atoms with Crippen LogP contribution in [-0.4, -0.2) is 164 Å². The number of thiocarbonyl (C=S) groups is 1. The van der Waals surface area contributed by atoms with Crippen LogP contribution in [0.2, 0.25) is 0 Å². The third-order valence-corrected chi connectivity index (χ3v) is 9.83. The molecule has 0 saturated carbocycles. The zero-order valence-corrected chi connectivity index (χ0v) is 32.1. The Morgan fingerprint density at radius 2 is 1.33 bits per heavy atom. The topological polar surface area (TPSA) is 345 Å². The lowest BCUT2D eigenvalue weighted by Crippen LogP contribution is -2.59. The number of ether oxygens (including phenoxy) is 7. The molecule has 11 atom stereocenters. The van der Waals surface area contributed by atoms with Crippen molar-refractivity contribution in [1.29, 1.82) is 0 Å². The fourth-order valence-corrected chi connectivity index (χ4v) is 6.54. The number of carboxylic acids is 1.